The molecule has 2 heterocycles. The Labute approximate surface area is 110 Å². The van der Waals surface area contributed by atoms with E-state index in [2.05, 4.69) is 39.0 Å². The number of H-pyrrole nitrogens is 1. The van der Waals surface area contributed by atoms with Crippen molar-refractivity contribution in [2.24, 2.45) is 0 Å². The van der Waals surface area contributed by atoms with Crippen LogP contribution in [0, 0.1) is 0 Å². The van der Waals surface area contributed by atoms with Gasteiger partial charge in [0.05, 0.1) is 17.6 Å². The second-order valence-corrected chi connectivity index (χ2v) is 5.14. The first-order valence-corrected chi connectivity index (χ1v) is 6.96. The van der Waals surface area contributed by atoms with E-state index in [9.17, 15) is 0 Å². The first kappa shape index (κ1) is 11.4. The number of nitrogens with one attached hydrogen (secondary N) is 2. The van der Waals surface area contributed by atoms with Gasteiger partial charge in [-0.15, -0.1) is 0 Å². The predicted molar refractivity (Wildman–Crippen MR) is 75.7 cm³/mol. The highest BCUT2D eigenvalue weighted by atomic mass is 32.1. The van der Waals surface area contributed by atoms with Crippen LogP contribution in [0.5, 0.6) is 0 Å². The molecule has 92 valence electrons. The lowest BCUT2D eigenvalue weighted by atomic mass is 10.2. The van der Waals surface area contributed by atoms with Crippen LogP contribution in [0.2, 0.25) is 0 Å². The van der Waals surface area contributed by atoms with Gasteiger partial charge >= 0.3 is 0 Å². The molecule has 0 aliphatic carbocycles. The maximum Gasteiger partial charge on any atom is 0.121 e. The highest BCUT2D eigenvalue weighted by Gasteiger charge is 2.07. The third-order valence-corrected chi connectivity index (χ3v) is 3.76. The molecule has 0 aliphatic rings. The van der Waals surface area contributed by atoms with Gasteiger partial charge in [0.2, 0.25) is 0 Å². The zero-order chi connectivity index (χ0) is 12.4. The molecule has 3 nitrogen and oxygen atoms in total. The number of rotatable bonds is 4. The Bertz CT molecular complexity index is 594. The van der Waals surface area contributed by atoms with Crippen LogP contribution in [-0.4, -0.2) is 9.97 Å². The van der Waals surface area contributed by atoms with E-state index in [1.165, 1.54) is 5.56 Å². The Morgan fingerprint density at radius 3 is 3.00 bits per heavy atom. The molecule has 3 rings (SSSR count). The number of hydrogen-bond acceptors (Lipinski definition) is 3. The summed E-state index contributed by atoms with van der Waals surface area (Å²) in [5.74, 6) is 0.985. The van der Waals surface area contributed by atoms with Crippen LogP contribution in [0.4, 0.5) is 0 Å². The highest BCUT2D eigenvalue weighted by Crippen LogP contribution is 2.16. The smallest absolute Gasteiger partial charge is 0.121 e. The topological polar surface area (TPSA) is 40.7 Å². The number of para-hydroxylation sites is 2. The maximum atomic E-state index is 4.55. The number of thiophene rings is 1. The summed E-state index contributed by atoms with van der Waals surface area (Å²) < 4.78 is 0. The summed E-state index contributed by atoms with van der Waals surface area (Å²) in [6, 6.07) is 10.6. The molecule has 0 radical (unpaired) electrons. The Morgan fingerprint density at radius 1 is 1.33 bits per heavy atom. The molecule has 3 aromatic rings. The minimum Gasteiger partial charge on any atom is -0.341 e. The van der Waals surface area contributed by atoms with Crippen molar-refractivity contribution in [2.75, 3.05) is 0 Å². The minimum atomic E-state index is 0.351. The minimum absolute atomic E-state index is 0.351. The van der Waals surface area contributed by atoms with Gasteiger partial charge in [0.25, 0.3) is 0 Å². The maximum absolute atomic E-state index is 4.55. The predicted octanol–water partition coefficient (Wildman–Crippen LogP) is 3.48. The van der Waals surface area contributed by atoms with Gasteiger partial charge in [-0.25, -0.2) is 4.98 Å². The number of aromatic amines is 1. The standard InChI is InChI=1S/C14H15N3S/c1-10(11-6-7-18-9-11)15-8-14-16-12-4-2-3-5-13(12)17-14/h2-7,9-10,15H,8H2,1H3,(H,16,17). The molecule has 1 aromatic carbocycles. The summed E-state index contributed by atoms with van der Waals surface area (Å²) in [4.78, 5) is 7.88. The lowest BCUT2D eigenvalue weighted by Crippen LogP contribution is -2.18. The Balaban J connectivity index is 1.69. The van der Waals surface area contributed by atoms with Gasteiger partial charge in [-0.05, 0) is 41.4 Å². The van der Waals surface area contributed by atoms with E-state index in [1.54, 1.807) is 11.3 Å². The second kappa shape index (κ2) is 4.92. The molecule has 0 saturated carbocycles. The molecule has 0 spiro atoms. The van der Waals surface area contributed by atoms with Crippen molar-refractivity contribution in [3.63, 3.8) is 0 Å². The molecule has 1 atom stereocenters. The molecule has 0 fully saturated rings. The number of nitrogens with zero attached hydrogens (tertiary/aromatic N) is 1. The number of imidazole rings is 1. The highest BCUT2D eigenvalue weighted by molar-refractivity contribution is 7.07. The van der Waals surface area contributed by atoms with Gasteiger partial charge in [-0.3, -0.25) is 0 Å². The van der Waals surface area contributed by atoms with Gasteiger partial charge in [-0.2, -0.15) is 11.3 Å². The van der Waals surface area contributed by atoms with Gasteiger partial charge in [0.1, 0.15) is 5.82 Å². The summed E-state index contributed by atoms with van der Waals surface area (Å²) in [6.45, 7) is 2.93. The van der Waals surface area contributed by atoms with E-state index in [0.29, 0.717) is 6.04 Å². The van der Waals surface area contributed by atoms with Crippen molar-refractivity contribution in [1.82, 2.24) is 15.3 Å². The van der Waals surface area contributed by atoms with Crippen LogP contribution in [0.3, 0.4) is 0 Å². The van der Waals surface area contributed by atoms with Gasteiger partial charge in [0, 0.05) is 6.04 Å². The fourth-order valence-corrected chi connectivity index (χ4v) is 2.73. The molecular formula is C14H15N3S. The van der Waals surface area contributed by atoms with Crippen LogP contribution >= 0.6 is 11.3 Å². The van der Waals surface area contributed by atoms with E-state index >= 15 is 0 Å². The largest absolute Gasteiger partial charge is 0.341 e. The molecular weight excluding hydrogens is 242 g/mol. The van der Waals surface area contributed by atoms with Gasteiger partial charge in [-0.1, -0.05) is 12.1 Å². The van der Waals surface area contributed by atoms with Crippen molar-refractivity contribution < 1.29 is 0 Å². The SMILES string of the molecule is CC(NCc1nc2ccccc2[nH]1)c1ccsc1. The van der Waals surface area contributed by atoms with E-state index in [-0.39, 0.29) is 0 Å². The van der Waals surface area contributed by atoms with Crippen LogP contribution in [0.15, 0.2) is 41.1 Å². The summed E-state index contributed by atoms with van der Waals surface area (Å²) in [6.07, 6.45) is 0. The lowest BCUT2D eigenvalue weighted by Gasteiger charge is -2.10. The molecule has 0 bridgehead atoms. The van der Waals surface area contributed by atoms with Crippen molar-refractivity contribution in [2.45, 2.75) is 19.5 Å². The third-order valence-electron chi connectivity index (χ3n) is 3.06. The lowest BCUT2D eigenvalue weighted by molar-refractivity contribution is 0.564. The number of benzene rings is 1. The Hall–Kier alpha value is -1.65. The summed E-state index contributed by atoms with van der Waals surface area (Å²) in [7, 11) is 0. The molecule has 0 amide bonds. The first-order valence-electron chi connectivity index (χ1n) is 6.02. The van der Waals surface area contributed by atoms with Gasteiger partial charge < -0.3 is 10.3 Å². The summed E-state index contributed by atoms with van der Waals surface area (Å²) >= 11 is 1.73. The van der Waals surface area contributed by atoms with E-state index in [4.69, 9.17) is 0 Å². The van der Waals surface area contributed by atoms with Gasteiger partial charge in [0.15, 0.2) is 0 Å². The van der Waals surface area contributed by atoms with Crippen molar-refractivity contribution in [3.05, 3.63) is 52.5 Å². The number of fused-ring (bicyclic) bond motifs is 1. The molecule has 0 saturated heterocycles. The van der Waals surface area contributed by atoms with Crippen molar-refractivity contribution in [1.29, 1.82) is 0 Å². The molecule has 2 N–H and O–H groups in total. The van der Waals surface area contributed by atoms with Crippen LogP contribution in [0.1, 0.15) is 24.4 Å². The fourth-order valence-electron chi connectivity index (χ4n) is 1.98. The van der Waals surface area contributed by atoms with Crippen molar-refractivity contribution >= 4 is 22.4 Å². The first-order chi connectivity index (χ1) is 8.83. The molecule has 2 aromatic heterocycles. The molecule has 18 heavy (non-hydrogen) atoms. The van der Waals surface area contributed by atoms with Crippen molar-refractivity contribution in [3.8, 4) is 0 Å². The van der Waals surface area contributed by atoms with Crippen LogP contribution < -0.4 is 5.32 Å². The van der Waals surface area contributed by atoms with E-state index in [0.717, 1.165) is 23.4 Å². The Kier molecular flexibility index (Phi) is 3.13. The second-order valence-electron chi connectivity index (χ2n) is 4.36. The normalized spacial score (nSPS) is 12.9. The molecule has 1 unspecified atom stereocenters. The Morgan fingerprint density at radius 2 is 2.22 bits per heavy atom. The van der Waals surface area contributed by atoms with Crippen LogP contribution in [-0.2, 0) is 6.54 Å². The third kappa shape index (κ3) is 2.30. The molecule has 0 aliphatic heterocycles. The quantitative estimate of drug-likeness (QED) is 0.751. The number of hydrogen-bond donors (Lipinski definition) is 2. The zero-order valence-corrected chi connectivity index (χ0v) is 11.0. The molecule has 4 heteroatoms. The summed E-state index contributed by atoms with van der Waals surface area (Å²) in [5.41, 5.74) is 3.45. The number of aromatic nitrogens is 2. The van der Waals surface area contributed by atoms with E-state index < -0.39 is 0 Å². The zero-order valence-electron chi connectivity index (χ0n) is 10.2. The van der Waals surface area contributed by atoms with Crippen LogP contribution in [0.25, 0.3) is 11.0 Å². The average molecular weight is 257 g/mol. The average Bonchev–Trinajstić information content (AvgIpc) is 3.04. The summed E-state index contributed by atoms with van der Waals surface area (Å²) in [5, 5.41) is 7.76. The monoisotopic (exact) mass is 257 g/mol. The fraction of sp³-hybridized carbons (Fsp3) is 0.214. The van der Waals surface area contributed by atoms with E-state index in [1.807, 2.05) is 24.3 Å².